The van der Waals surface area contributed by atoms with Crippen LogP contribution in [0.25, 0.3) is 0 Å². The van der Waals surface area contributed by atoms with Crippen LogP contribution in [-0.4, -0.2) is 11.6 Å². The Kier molecular flexibility index (Phi) is 3.87. The van der Waals surface area contributed by atoms with Gasteiger partial charge in [-0.3, -0.25) is 9.59 Å². The Labute approximate surface area is 136 Å². The second-order valence-electron chi connectivity index (χ2n) is 5.98. The highest BCUT2D eigenvalue weighted by molar-refractivity contribution is 6.26. The van der Waals surface area contributed by atoms with Crippen LogP contribution in [0, 0.1) is 13.8 Å². The number of rotatable bonds is 3. The van der Waals surface area contributed by atoms with Crippen LogP contribution >= 0.6 is 0 Å². The average Bonchev–Trinajstić information content (AvgIpc) is 2.55. The third kappa shape index (κ3) is 2.70. The van der Waals surface area contributed by atoms with Gasteiger partial charge in [0.05, 0.1) is 5.70 Å². The molecule has 2 aromatic rings. The summed E-state index contributed by atoms with van der Waals surface area (Å²) >= 11 is 0. The van der Waals surface area contributed by atoms with E-state index in [1.807, 2.05) is 56.3 Å². The molecule has 1 aliphatic rings. The lowest BCUT2D eigenvalue weighted by atomic mass is 9.85. The summed E-state index contributed by atoms with van der Waals surface area (Å²) in [5.74, 6) is -0.172. The number of carbonyl (C=O) groups excluding carboxylic acids is 2. The van der Waals surface area contributed by atoms with Crippen molar-refractivity contribution in [1.29, 1.82) is 0 Å². The number of carbonyl (C=O) groups is 2. The molecule has 0 atom stereocenters. The van der Waals surface area contributed by atoms with E-state index in [0.29, 0.717) is 28.9 Å². The maximum Gasteiger partial charge on any atom is 0.210 e. The summed E-state index contributed by atoms with van der Waals surface area (Å²) in [4.78, 5) is 25.4. The Morgan fingerprint density at radius 2 is 1.39 bits per heavy atom. The molecule has 0 aromatic heterocycles. The normalized spacial score (nSPS) is 14.0. The summed E-state index contributed by atoms with van der Waals surface area (Å²) in [6.07, 6.45) is 0. The number of ketones is 2. The van der Waals surface area contributed by atoms with Gasteiger partial charge in [0.25, 0.3) is 0 Å². The topological polar surface area (TPSA) is 46.2 Å². The zero-order valence-corrected chi connectivity index (χ0v) is 13.6. The van der Waals surface area contributed by atoms with E-state index in [9.17, 15) is 9.59 Å². The molecule has 0 radical (unpaired) electrons. The van der Waals surface area contributed by atoms with Gasteiger partial charge in [-0.15, -0.1) is 0 Å². The number of Topliss-reactive ketones (excluding diaryl/α,β-unsaturated/α-hetero) is 2. The Bertz CT molecular complexity index is 832. The first-order valence-electron chi connectivity index (χ1n) is 7.68. The van der Waals surface area contributed by atoms with Crippen LogP contribution in [0.2, 0.25) is 0 Å². The van der Waals surface area contributed by atoms with Crippen molar-refractivity contribution in [3.05, 3.63) is 81.6 Å². The standard InChI is InChI=1S/C20H19NO2/c1-12-9-16-17(10-13(12)2)20(23)18(14(3)19(16)22)21-11-15-7-5-4-6-8-15/h4-10,21H,11H2,1-3H3. The third-order valence-electron chi connectivity index (χ3n) is 4.38. The van der Waals surface area contributed by atoms with E-state index in [4.69, 9.17) is 0 Å². The predicted molar refractivity (Wildman–Crippen MR) is 90.6 cm³/mol. The van der Waals surface area contributed by atoms with Crippen molar-refractivity contribution < 1.29 is 9.59 Å². The van der Waals surface area contributed by atoms with Gasteiger partial charge in [0.1, 0.15) is 0 Å². The quantitative estimate of drug-likeness (QED) is 0.939. The second kappa shape index (κ2) is 5.84. The molecular formula is C20H19NO2. The fourth-order valence-corrected chi connectivity index (χ4v) is 2.81. The molecule has 3 nitrogen and oxygen atoms in total. The second-order valence-corrected chi connectivity index (χ2v) is 5.98. The highest BCUT2D eigenvalue weighted by atomic mass is 16.1. The first-order chi connectivity index (χ1) is 11.0. The van der Waals surface area contributed by atoms with Gasteiger partial charge in [-0.25, -0.2) is 0 Å². The summed E-state index contributed by atoms with van der Waals surface area (Å²) in [5.41, 5.74) is 5.03. The maximum atomic E-state index is 12.8. The lowest BCUT2D eigenvalue weighted by Gasteiger charge is -2.21. The number of hydrogen-bond acceptors (Lipinski definition) is 3. The number of allylic oxidation sites excluding steroid dienone is 2. The Balaban J connectivity index is 1.95. The van der Waals surface area contributed by atoms with Gasteiger partial charge in [0, 0.05) is 23.2 Å². The SMILES string of the molecule is CC1=C(NCc2ccccc2)C(=O)c2cc(C)c(C)cc2C1=O. The van der Waals surface area contributed by atoms with Gasteiger partial charge in [0.15, 0.2) is 5.78 Å². The van der Waals surface area contributed by atoms with E-state index in [2.05, 4.69) is 5.32 Å². The molecule has 0 bridgehead atoms. The molecule has 0 saturated heterocycles. The molecule has 1 aliphatic carbocycles. The van der Waals surface area contributed by atoms with E-state index < -0.39 is 0 Å². The summed E-state index contributed by atoms with van der Waals surface area (Å²) in [5, 5.41) is 3.15. The zero-order chi connectivity index (χ0) is 16.6. The van der Waals surface area contributed by atoms with E-state index in [0.717, 1.165) is 16.7 Å². The molecule has 0 amide bonds. The van der Waals surface area contributed by atoms with Crippen LogP contribution in [0.4, 0.5) is 0 Å². The van der Waals surface area contributed by atoms with E-state index in [1.165, 1.54) is 0 Å². The van der Waals surface area contributed by atoms with E-state index in [-0.39, 0.29) is 11.6 Å². The van der Waals surface area contributed by atoms with Crippen molar-refractivity contribution in [3.63, 3.8) is 0 Å². The summed E-state index contributed by atoms with van der Waals surface area (Å²) in [6.45, 7) is 6.14. The highest BCUT2D eigenvalue weighted by Crippen LogP contribution is 2.27. The Morgan fingerprint density at radius 1 is 0.826 bits per heavy atom. The molecular weight excluding hydrogens is 286 g/mol. The minimum atomic E-state index is -0.101. The van der Waals surface area contributed by atoms with Crippen molar-refractivity contribution in [1.82, 2.24) is 5.32 Å². The van der Waals surface area contributed by atoms with Crippen molar-refractivity contribution in [2.24, 2.45) is 0 Å². The maximum absolute atomic E-state index is 12.8. The molecule has 3 rings (SSSR count). The number of hydrogen-bond donors (Lipinski definition) is 1. The molecule has 0 aliphatic heterocycles. The van der Waals surface area contributed by atoms with Gasteiger partial charge in [0.2, 0.25) is 5.78 Å². The van der Waals surface area contributed by atoms with Crippen LogP contribution in [0.15, 0.2) is 53.7 Å². The van der Waals surface area contributed by atoms with Crippen LogP contribution in [-0.2, 0) is 6.54 Å². The number of aryl methyl sites for hydroxylation is 2. The van der Waals surface area contributed by atoms with E-state index >= 15 is 0 Å². The molecule has 3 heteroatoms. The summed E-state index contributed by atoms with van der Waals surface area (Å²) in [6, 6.07) is 13.5. The van der Waals surface area contributed by atoms with Gasteiger partial charge < -0.3 is 5.32 Å². The number of fused-ring (bicyclic) bond motifs is 1. The third-order valence-corrected chi connectivity index (χ3v) is 4.38. The fourth-order valence-electron chi connectivity index (χ4n) is 2.81. The minimum Gasteiger partial charge on any atom is -0.377 e. The van der Waals surface area contributed by atoms with Gasteiger partial charge in [-0.1, -0.05) is 30.3 Å². The predicted octanol–water partition coefficient (Wildman–Crippen LogP) is 3.75. The molecule has 0 saturated carbocycles. The van der Waals surface area contributed by atoms with Crippen LogP contribution in [0.5, 0.6) is 0 Å². The molecule has 23 heavy (non-hydrogen) atoms. The van der Waals surface area contributed by atoms with Crippen molar-refractivity contribution >= 4 is 11.6 Å². The molecule has 116 valence electrons. The summed E-state index contributed by atoms with van der Waals surface area (Å²) in [7, 11) is 0. The highest BCUT2D eigenvalue weighted by Gasteiger charge is 2.30. The minimum absolute atomic E-state index is 0.0711. The molecule has 0 unspecified atom stereocenters. The zero-order valence-electron chi connectivity index (χ0n) is 13.6. The molecule has 1 N–H and O–H groups in total. The van der Waals surface area contributed by atoms with Gasteiger partial charge in [-0.2, -0.15) is 0 Å². The Morgan fingerprint density at radius 3 is 2.00 bits per heavy atom. The van der Waals surface area contributed by atoms with Crippen LogP contribution in [0.1, 0.15) is 44.3 Å². The lowest BCUT2D eigenvalue weighted by Crippen LogP contribution is -2.29. The van der Waals surface area contributed by atoms with Crippen molar-refractivity contribution in [2.75, 3.05) is 0 Å². The lowest BCUT2D eigenvalue weighted by molar-refractivity contribution is 0.0968. The molecule has 0 fully saturated rings. The van der Waals surface area contributed by atoms with Gasteiger partial charge >= 0.3 is 0 Å². The smallest absolute Gasteiger partial charge is 0.210 e. The first kappa shape index (κ1) is 15.2. The molecule has 0 heterocycles. The molecule has 0 spiro atoms. The fraction of sp³-hybridized carbons (Fsp3) is 0.200. The van der Waals surface area contributed by atoms with Crippen LogP contribution < -0.4 is 5.32 Å². The monoisotopic (exact) mass is 305 g/mol. The number of benzene rings is 2. The van der Waals surface area contributed by atoms with Gasteiger partial charge in [-0.05, 0) is 49.6 Å². The molecule has 2 aromatic carbocycles. The van der Waals surface area contributed by atoms with Crippen LogP contribution in [0.3, 0.4) is 0 Å². The number of nitrogens with one attached hydrogen (secondary N) is 1. The Hall–Kier alpha value is -2.68. The van der Waals surface area contributed by atoms with Crippen molar-refractivity contribution in [2.45, 2.75) is 27.3 Å². The first-order valence-corrected chi connectivity index (χ1v) is 7.68. The average molecular weight is 305 g/mol. The summed E-state index contributed by atoms with van der Waals surface area (Å²) < 4.78 is 0. The van der Waals surface area contributed by atoms with Crippen molar-refractivity contribution in [3.8, 4) is 0 Å². The largest absolute Gasteiger partial charge is 0.377 e. The van der Waals surface area contributed by atoms with E-state index in [1.54, 1.807) is 6.92 Å².